The Bertz CT molecular complexity index is 357. The molecule has 3 nitrogen and oxygen atoms in total. The van der Waals surface area contributed by atoms with Gasteiger partial charge in [-0.25, -0.2) is 0 Å². The molecule has 0 spiro atoms. The molecular formula is C13H16O3. The lowest BCUT2D eigenvalue weighted by Crippen LogP contribution is -2.19. The van der Waals surface area contributed by atoms with Crippen LogP contribution in [0.3, 0.4) is 0 Å². The van der Waals surface area contributed by atoms with Crippen LogP contribution in [-0.2, 0) is 20.7 Å². The zero-order valence-corrected chi connectivity index (χ0v) is 9.60. The molecule has 0 radical (unpaired) electrons. The number of ether oxygens (including phenoxy) is 1. The van der Waals surface area contributed by atoms with Crippen LogP contribution in [0.4, 0.5) is 0 Å². The van der Waals surface area contributed by atoms with Crippen molar-refractivity contribution in [3.05, 3.63) is 35.9 Å². The summed E-state index contributed by atoms with van der Waals surface area (Å²) in [5.74, 6) is -0.597. The Hall–Kier alpha value is -1.64. The number of ketones is 1. The van der Waals surface area contributed by atoms with Crippen LogP contribution < -0.4 is 0 Å². The van der Waals surface area contributed by atoms with E-state index < -0.39 is 0 Å². The molecule has 0 aliphatic heterocycles. The Labute approximate surface area is 95.4 Å². The molecule has 1 aromatic rings. The average Bonchev–Trinajstić information content (AvgIpc) is 2.29. The molecule has 0 aliphatic carbocycles. The van der Waals surface area contributed by atoms with Gasteiger partial charge < -0.3 is 4.74 Å². The molecule has 16 heavy (non-hydrogen) atoms. The molecule has 1 atom stereocenters. The molecule has 0 saturated carbocycles. The first kappa shape index (κ1) is 12.4. The standard InChI is InChI=1S/C13H16O3/c1-10(14)12(9-13(15)16-2)8-11-6-4-3-5-7-11/h3-7,12H,8-9H2,1-2H3/t12-/m1/s1. The lowest BCUT2D eigenvalue weighted by Gasteiger charge is -2.12. The first-order chi connectivity index (χ1) is 7.63. The Morgan fingerprint density at radius 1 is 1.25 bits per heavy atom. The molecule has 0 bridgehead atoms. The first-order valence-corrected chi connectivity index (χ1v) is 5.24. The van der Waals surface area contributed by atoms with Gasteiger partial charge in [0, 0.05) is 5.92 Å². The Balaban J connectivity index is 2.65. The van der Waals surface area contributed by atoms with Crippen molar-refractivity contribution in [1.29, 1.82) is 0 Å². The van der Waals surface area contributed by atoms with Crippen LogP contribution in [-0.4, -0.2) is 18.9 Å². The normalized spacial score (nSPS) is 11.9. The zero-order valence-electron chi connectivity index (χ0n) is 9.60. The number of Topliss-reactive ketones (excluding diaryl/α,β-unsaturated/α-hetero) is 1. The van der Waals surface area contributed by atoms with Crippen LogP contribution in [0.15, 0.2) is 30.3 Å². The van der Waals surface area contributed by atoms with Crippen molar-refractivity contribution in [2.45, 2.75) is 19.8 Å². The van der Waals surface area contributed by atoms with Crippen molar-refractivity contribution in [3.63, 3.8) is 0 Å². The summed E-state index contributed by atoms with van der Waals surface area (Å²) in [5, 5.41) is 0. The van der Waals surface area contributed by atoms with Gasteiger partial charge in [-0.1, -0.05) is 30.3 Å². The van der Waals surface area contributed by atoms with Gasteiger partial charge in [-0.15, -0.1) is 0 Å². The zero-order chi connectivity index (χ0) is 12.0. The fourth-order valence-electron chi connectivity index (χ4n) is 1.54. The van der Waals surface area contributed by atoms with E-state index in [-0.39, 0.29) is 24.1 Å². The van der Waals surface area contributed by atoms with Gasteiger partial charge in [0.2, 0.25) is 0 Å². The SMILES string of the molecule is COC(=O)C[C@@H](Cc1ccccc1)C(C)=O. The molecule has 0 aromatic heterocycles. The van der Waals surface area contributed by atoms with Crippen molar-refractivity contribution < 1.29 is 14.3 Å². The quantitative estimate of drug-likeness (QED) is 0.713. The summed E-state index contributed by atoms with van der Waals surface area (Å²) in [6.07, 6.45) is 0.742. The lowest BCUT2D eigenvalue weighted by molar-refractivity contribution is -0.143. The van der Waals surface area contributed by atoms with Gasteiger partial charge in [0.05, 0.1) is 13.5 Å². The third kappa shape index (κ3) is 3.85. The van der Waals surface area contributed by atoms with Gasteiger partial charge in [-0.05, 0) is 18.9 Å². The van der Waals surface area contributed by atoms with Crippen LogP contribution in [0.5, 0.6) is 0 Å². The van der Waals surface area contributed by atoms with Crippen molar-refractivity contribution in [1.82, 2.24) is 0 Å². The highest BCUT2D eigenvalue weighted by molar-refractivity contribution is 5.83. The number of esters is 1. The van der Waals surface area contributed by atoms with E-state index in [2.05, 4.69) is 4.74 Å². The number of benzene rings is 1. The van der Waals surface area contributed by atoms with Crippen LogP contribution in [0.1, 0.15) is 18.9 Å². The van der Waals surface area contributed by atoms with Gasteiger partial charge in [0.25, 0.3) is 0 Å². The van der Waals surface area contributed by atoms with E-state index in [4.69, 9.17) is 0 Å². The molecule has 3 heteroatoms. The Kier molecular flexibility index (Phi) is 4.70. The molecule has 1 rings (SSSR count). The molecule has 1 aromatic carbocycles. The van der Waals surface area contributed by atoms with Crippen LogP contribution >= 0.6 is 0 Å². The fourth-order valence-corrected chi connectivity index (χ4v) is 1.54. The minimum atomic E-state index is -0.337. The highest BCUT2D eigenvalue weighted by Crippen LogP contribution is 2.14. The minimum absolute atomic E-state index is 0.0225. The molecule has 0 heterocycles. The van der Waals surface area contributed by atoms with Crippen molar-refractivity contribution in [2.24, 2.45) is 5.92 Å². The van der Waals surface area contributed by atoms with Crippen LogP contribution in [0, 0.1) is 5.92 Å². The summed E-state index contributed by atoms with van der Waals surface area (Å²) >= 11 is 0. The third-order valence-corrected chi connectivity index (χ3v) is 2.54. The smallest absolute Gasteiger partial charge is 0.306 e. The van der Waals surface area contributed by atoms with E-state index >= 15 is 0 Å². The van der Waals surface area contributed by atoms with Gasteiger partial charge in [-0.3, -0.25) is 9.59 Å². The predicted molar refractivity (Wildman–Crippen MR) is 61.0 cm³/mol. The third-order valence-electron chi connectivity index (χ3n) is 2.54. The maximum Gasteiger partial charge on any atom is 0.306 e. The predicted octanol–water partition coefficient (Wildman–Crippen LogP) is 2.00. The second kappa shape index (κ2) is 6.05. The maximum absolute atomic E-state index is 11.4. The van der Waals surface area contributed by atoms with E-state index in [0.717, 1.165) is 5.56 Å². The highest BCUT2D eigenvalue weighted by Gasteiger charge is 2.19. The van der Waals surface area contributed by atoms with E-state index in [1.54, 1.807) is 0 Å². The number of rotatable bonds is 5. The summed E-state index contributed by atoms with van der Waals surface area (Å²) in [5.41, 5.74) is 1.06. The van der Waals surface area contributed by atoms with Gasteiger partial charge in [-0.2, -0.15) is 0 Å². The molecule has 86 valence electrons. The summed E-state index contributed by atoms with van der Waals surface area (Å²) in [6, 6.07) is 9.67. The molecule has 0 fully saturated rings. The van der Waals surface area contributed by atoms with E-state index in [9.17, 15) is 9.59 Å². The van der Waals surface area contributed by atoms with E-state index in [1.807, 2.05) is 30.3 Å². The molecule has 0 aliphatic rings. The summed E-state index contributed by atoms with van der Waals surface area (Å²) in [4.78, 5) is 22.5. The number of hydrogen-bond acceptors (Lipinski definition) is 3. The maximum atomic E-state index is 11.4. The topological polar surface area (TPSA) is 43.4 Å². The summed E-state index contributed by atoms with van der Waals surface area (Å²) < 4.78 is 4.58. The molecule has 0 unspecified atom stereocenters. The summed E-state index contributed by atoms with van der Waals surface area (Å²) in [6.45, 7) is 1.51. The largest absolute Gasteiger partial charge is 0.469 e. The van der Waals surface area contributed by atoms with Crippen LogP contribution in [0.25, 0.3) is 0 Å². The van der Waals surface area contributed by atoms with Crippen molar-refractivity contribution in [2.75, 3.05) is 7.11 Å². The minimum Gasteiger partial charge on any atom is -0.469 e. The number of methoxy groups -OCH3 is 1. The monoisotopic (exact) mass is 220 g/mol. The van der Waals surface area contributed by atoms with Crippen molar-refractivity contribution >= 4 is 11.8 Å². The second-order valence-corrected chi connectivity index (χ2v) is 3.78. The van der Waals surface area contributed by atoms with E-state index in [1.165, 1.54) is 14.0 Å². The molecule has 0 amide bonds. The van der Waals surface area contributed by atoms with Gasteiger partial charge in [0.1, 0.15) is 5.78 Å². The van der Waals surface area contributed by atoms with E-state index in [0.29, 0.717) is 6.42 Å². The molecule has 0 saturated heterocycles. The lowest BCUT2D eigenvalue weighted by atomic mass is 9.93. The Morgan fingerprint density at radius 2 is 1.88 bits per heavy atom. The number of hydrogen-bond donors (Lipinski definition) is 0. The highest BCUT2D eigenvalue weighted by atomic mass is 16.5. The second-order valence-electron chi connectivity index (χ2n) is 3.78. The summed E-state index contributed by atoms with van der Waals surface area (Å²) in [7, 11) is 1.34. The average molecular weight is 220 g/mol. The number of carbonyl (C=O) groups excluding carboxylic acids is 2. The Morgan fingerprint density at radius 3 is 2.38 bits per heavy atom. The van der Waals surface area contributed by atoms with Gasteiger partial charge >= 0.3 is 5.97 Å². The van der Waals surface area contributed by atoms with Crippen molar-refractivity contribution in [3.8, 4) is 0 Å². The first-order valence-electron chi connectivity index (χ1n) is 5.24. The molecular weight excluding hydrogens is 204 g/mol. The number of carbonyl (C=O) groups is 2. The van der Waals surface area contributed by atoms with Gasteiger partial charge in [0.15, 0.2) is 0 Å². The fraction of sp³-hybridized carbons (Fsp3) is 0.385. The molecule has 0 N–H and O–H groups in total. The van der Waals surface area contributed by atoms with Crippen LogP contribution in [0.2, 0.25) is 0 Å².